The number of piperidine rings is 1. The normalized spacial score (nSPS) is 26.3. The van der Waals surface area contributed by atoms with Crippen LogP contribution in [0.1, 0.15) is 66.7 Å². The largest absolute Gasteiger partial charge is 0.381 e. The summed E-state index contributed by atoms with van der Waals surface area (Å²) in [5.74, 6) is 0. The van der Waals surface area contributed by atoms with Gasteiger partial charge in [-0.05, 0) is 32.2 Å². The Morgan fingerprint density at radius 1 is 0.690 bits per heavy atom. The van der Waals surface area contributed by atoms with Crippen molar-refractivity contribution in [1.29, 1.82) is 0 Å². The van der Waals surface area contributed by atoms with Crippen LogP contribution in [0.5, 0.6) is 0 Å². The van der Waals surface area contributed by atoms with E-state index in [4.69, 9.17) is 9.47 Å². The van der Waals surface area contributed by atoms with Crippen LogP contribution in [0.25, 0.3) is 0 Å². The monoisotopic (exact) mass is 637 g/mol. The van der Waals surface area contributed by atoms with Gasteiger partial charge in [-0.3, -0.25) is 4.90 Å². The molecule has 3 aliphatic rings. The molecule has 29 heavy (non-hydrogen) atoms. The van der Waals surface area contributed by atoms with Gasteiger partial charge in [-0.15, -0.1) is 0 Å². The number of hydrogen-bond donors (Lipinski definition) is 0. The molecule has 6 heteroatoms. The molecule has 0 atom stereocenters. The van der Waals surface area contributed by atoms with Crippen LogP contribution in [0, 0.1) is 31.1 Å². The second-order valence-electron chi connectivity index (χ2n) is 8.11. The number of likely N-dealkylation sites (N-methyl/N-ethyl adjacent to an activating group) is 1. The van der Waals surface area contributed by atoms with Gasteiger partial charge in [0.25, 0.3) is 0 Å². The van der Waals surface area contributed by atoms with Crippen molar-refractivity contribution in [3.8, 4) is 0 Å². The van der Waals surface area contributed by atoms with E-state index in [1.807, 2.05) is 21.0 Å². The molecule has 0 amide bonds. The fourth-order valence-corrected chi connectivity index (χ4v) is 3.97. The second-order valence-corrected chi connectivity index (χ2v) is 8.11. The van der Waals surface area contributed by atoms with Crippen LogP contribution in [-0.2, 0) is 9.47 Å². The Kier molecular flexibility index (Phi) is 19.0. The van der Waals surface area contributed by atoms with Crippen molar-refractivity contribution < 1.29 is 40.6 Å². The van der Waals surface area contributed by atoms with Crippen LogP contribution in [0.15, 0.2) is 0 Å². The molecular weight excluding hydrogens is 588 g/mol. The van der Waals surface area contributed by atoms with Crippen molar-refractivity contribution in [2.24, 2.45) is 0 Å². The van der Waals surface area contributed by atoms with Crippen LogP contribution in [-0.4, -0.2) is 99.0 Å². The van der Waals surface area contributed by atoms with Gasteiger partial charge in [0, 0.05) is 90.6 Å². The quantitative estimate of drug-likeness (QED) is 0.425. The van der Waals surface area contributed by atoms with E-state index in [1.165, 1.54) is 78.2 Å². The van der Waals surface area contributed by atoms with Crippen molar-refractivity contribution >= 4 is 0 Å². The van der Waals surface area contributed by atoms with E-state index in [1.54, 1.807) is 0 Å². The van der Waals surface area contributed by atoms with Crippen LogP contribution < -0.4 is 0 Å². The molecule has 1 aliphatic carbocycles. The number of methoxy groups -OCH3 is 1. The number of nitrogens with zero attached hydrogens (tertiary/aromatic N) is 3. The fraction of sp³-hybridized carbons (Fsp3) is 1.00. The molecule has 0 N–H and O–H groups in total. The predicted molar refractivity (Wildman–Crippen MR) is 120 cm³/mol. The van der Waals surface area contributed by atoms with Gasteiger partial charge in [-0.2, -0.15) is 0 Å². The number of rotatable bonds is 7. The molecule has 0 radical (unpaired) electrons. The predicted octanol–water partition coefficient (Wildman–Crippen LogP) is 3.72. The van der Waals surface area contributed by atoms with Crippen molar-refractivity contribution in [2.75, 3.05) is 66.0 Å². The zero-order valence-electron chi connectivity index (χ0n) is 20.3. The van der Waals surface area contributed by atoms with Crippen molar-refractivity contribution in [1.82, 2.24) is 14.7 Å². The van der Waals surface area contributed by atoms with Crippen LogP contribution in [0.2, 0.25) is 0 Å². The van der Waals surface area contributed by atoms with Gasteiger partial charge in [-0.25, -0.2) is 0 Å². The molecule has 1 saturated carbocycles. The van der Waals surface area contributed by atoms with E-state index in [0.717, 1.165) is 12.8 Å². The summed E-state index contributed by atoms with van der Waals surface area (Å²) in [4.78, 5) is 7.81. The van der Waals surface area contributed by atoms with Crippen LogP contribution in [0.4, 0.5) is 0 Å². The standard InChI is InChI=1S/C18H35N3O2.C3H8.C2H6.U/c1-3-19-8-10-21(11-9-19)13-12-20-6-4-16(5-7-20)23-18-14-17(15-18)22-2;1-3-2;1-2;/h16-18H,3-15H2,1-2H3;3H2,1-2H3;1-2H3;. The molecule has 0 aromatic carbocycles. The topological polar surface area (TPSA) is 28.2 Å². The van der Waals surface area contributed by atoms with Gasteiger partial charge in [0.05, 0.1) is 18.3 Å². The Labute approximate surface area is 205 Å². The third-order valence-electron chi connectivity index (χ3n) is 5.95. The molecule has 0 spiro atoms. The van der Waals surface area contributed by atoms with E-state index >= 15 is 0 Å². The summed E-state index contributed by atoms with van der Waals surface area (Å²) < 4.78 is 11.5. The maximum Gasteiger partial charge on any atom is 0.0628 e. The Bertz CT molecular complexity index is 354. The molecule has 5 nitrogen and oxygen atoms in total. The minimum atomic E-state index is 0. The average molecular weight is 638 g/mol. The van der Waals surface area contributed by atoms with Crippen LogP contribution in [0.3, 0.4) is 0 Å². The molecule has 2 aliphatic heterocycles. The zero-order chi connectivity index (χ0) is 20.8. The van der Waals surface area contributed by atoms with Gasteiger partial charge in [0.1, 0.15) is 0 Å². The van der Waals surface area contributed by atoms with Crippen molar-refractivity contribution in [2.45, 2.75) is 85.0 Å². The third-order valence-corrected chi connectivity index (χ3v) is 5.95. The summed E-state index contributed by atoms with van der Waals surface area (Å²) >= 11 is 0. The smallest absolute Gasteiger partial charge is 0.0628 e. The molecule has 2 saturated heterocycles. The van der Waals surface area contributed by atoms with Gasteiger partial charge >= 0.3 is 0 Å². The second kappa shape index (κ2) is 18.4. The average Bonchev–Trinajstić information content (AvgIpc) is 2.72. The minimum Gasteiger partial charge on any atom is -0.381 e. The van der Waals surface area contributed by atoms with Gasteiger partial charge in [-0.1, -0.05) is 41.0 Å². The first-order valence-electron chi connectivity index (χ1n) is 12.0. The first-order valence-corrected chi connectivity index (χ1v) is 12.0. The summed E-state index contributed by atoms with van der Waals surface area (Å²) in [6.07, 6.45) is 7.26. The maximum atomic E-state index is 6.20. The molecule has 3 fully saturated rings. The third kappa shape index (κ3) is 11.9. The minimum absolute atomic E-state index is 0. The molecule has 0 aromatic heterocycles. The van der Waals surface area contributed by atoms with E-state index in [0.29, 0.717) is 18.3 Å². The number of ether oxygens (including phenoxy) is 2. The van der Waals surface area contributed by atoms with Gasteiger partial charge in [0.15, 0.2) is 0 Å². The number of hydrogen-bond acceptors (Lipinski definition) is 5. The van der Waals surface area contributed by atoms with Crippen LogP contribution >= 0.6 is 0 Å². The fourth-order valence-electron chi connectivity index (χ4n) is 3.97. The Morgan fingerprint density at radius 3 is 1.59 bits per heavy atom. The summed E-state index contributed by atoms with van der Waals surface area (Å²) in [6.45, 7) is 21.6. The van der Waals surface area contributed by atoms with Gasteiger partial charge in [0.2, 0.25) is 0 Å². The Morgan fingerprint density at radius 2 is 1.14 bits per heavy atom. The zero-order valence-corrected chi connectivity index (χ0v) is 24.5. The number of piperazine rings is 1. The molecule has 0 bridgehead atoms. The summed E-state index contributed by atoms with van der Waals surface area (Å²) in [7, 11) is 1.81. The maximum absolute atomic E-state index is 6.20. The summed E-state index contributed by atoms with van der Waals surface area (Å²) in [5.41, 5.74) is 0. The summed E-state index contributed by atoms with van der Waals surface area (Å²) in [5, 5.41) is 0. The van der Waals surface area contributed by atoms with E-state index in [-0.39, 0.29) is 31.1 Å². The molecule has 3 rings (SSSR count). The summed E-state index contributed by atoms with van der Waals surface area (Å²) in [6, 6.07) is 0. The van der Waals surface area contributed by atoms with Crippen molar-refractivity contribution in [3.05, 3.63) is 0 Å². The van der Waals surface area contributed by atoms with E-state index < -0.39 is 0 Å². The number of likely N-dealkylation sites (tertiary alicyclic amines) is 1. The molecule has 0 unspecified atom stereocenters. The van der Waals surface area contributed by atoms with E-state index in [9.17, 15) is 0 Å². The van der Waals surface area contributed by atoms with Crippen molar-refractivity contribution in [3.63, 3.8) is 0 Å². The molecule has 0 aromatic rings. The van der Waals surface area contributed by atoms with Gasteiger partial charge < -0.3 is 19.3 Å². The molecule has 2 heterocycles. The first kappa shape index (κ1) is 29.9. The SMILES string of the molecule is CC.CCC.CCN1CCN(CCN2CCC(OC3CC(OC)C3)CC2)CC1.[U]. The van der Waals surface area contributed by atoms with E-state index in [2.05, 4.69) is 35.5 Å². The first-order chi connectivity index (χ1) is 13.7. The molecule has 172 valence electrons. The Hall–Kier alpha value is 0.852. The molecular formula is C23H49N3O2U. The Balaban J connectivity index is 0.00000120.